The van der Waals surface area contributed by atoms with Crippen LogP contribution in [0.25, 0.3) is 0 Å². The highest BCUT2D eigenvalue weighted by molar-refractivity contribution is 5.73. The standard InChI is InChI=1S/C15H22N6O3/c1-20(7-4-9-21-8-3-6-17-21)15(22)16-11-13-18-14(24-19-13)12-5-2-10-23-12/h3,6,8,12H,2,4-5,7,9-11H2,1H3,(H,16,22). The molecular formula is C15H22N6O3. The second kappa shape index (κ2) is 7.91. The average molecular weight is 334 g/mol. The molecule has 1 atom stereocenters. The van der Waals surface area contributed by atoms with Crippen molar-refractivity contribution in [3.8, 4) is 0 Å². The van der Waals surface area contributed by atoms with Crippen LogP contribution < -0.4 is 5.32 Å². The highest BCUT2D eigenvalue weighted by atomic mass is 16.5. The molecule has 9 nitrogen and oxygen atoms in total. The highest BCUT2D eigenvalue weighted by Gasteiger charge is 2.23. The zero-order valence-electron chi connectivity index (χ0n) is 13.7. The number of carbonyl (C=O) groups is 1. The molecule has 1 aliphatic heterocycles. The largest absolute Gasteiger partial charge is 0.368 e. The SMILES string of the molecule is CN(CCCn1cccn1)C(=O)NCc1noc(C2CCCO2)n1. The monoisotopic (exact) mass is 334 g/mol. The quantitative estimate of drug-likeness (QED) is 0.821. The first kappa shape index (κ1) is 16.4. The van der Waals surface area contributed by atoms with E-state index in [2.05, 4.69) is 20.6 Å². The van der Waals surface area contributed by atoms with E-state index in [0.717, 1.165) is 32.4 Å². The summed E-state index contributed by atoms with van der Waals surface area (Å²) in [5.41, 5.74) is 0. The third-order valence-electron chi connectivity index (χ3n) is 3.87. The van der Waals surface area contributed by atoms with Gasteiger partial charge in [0, 0.05) is 39.1 Å². The Morgan fingerprint density at radius 2 is 2.46 bits per heavy atom. The summed E-state index contributed by atoms with van der Waals surface area (Å²) in [5, 5.41) is 10.8. The Labute approximate surface area is 140 Å². The van der Waals surface area contributed by atoms with E-state index in [-0.39, 0.29) is 18.7 Å². The Bertz CT molecular complexity index is 635. The van der Waals surface area contributed by atoms with E-state index in [1.165, 1.54) is 0 Å². The third-order valence-corrected chi connectivity index (χ3v) is 3.87. The van der Waals surface area contributed by atoms with Crippen LogP contribution in [0.15, 0.2) is 23.0 Å². The van der Waals surface area contributed by atoms with Crippen LogP contribution in [-0.2, 0) is 17.8 Å². The molecule has 0 saturated carbocycles. The van der Waals surface area contributed by atoms with Gasteiger partial charge in [-0.3, -0.25) is 4.68 Å². The van der Waals surface area contributed by atoms with Gasteiger partial charge >= 0.3 is 6.03 Å². The molecule has 9 heteroatoms. The van der Waals surface area contributed by atoms with Gasteiger partial charge in [-0.05, 0) is 25.3 Å². The molecule has 0 radical (unpaired) electrons. The van der Waals surface area contributed by atoms with Crippen molar-refractivity contribution in [1.82, 2.24) is 30.1 Å². The van der Waals surface area contributed by atoms with Crippen LogP contribution in [0.4, 0.5) is 4.79 Å². The summed E-state index contributed by atoms with van der Waals surface area (Å²) in [6.07, 6.45) is 6.27. The Morgan fingerprint density at radius 1 is 1.54 bits per heavy atom. The van der Waals surface area contributed by atoms with Crippen molar-refractivity contribution in [2.75, 3.05) is 20.2 Å². The number of hydrogen-bond donors (Lipinski definition) is 1. The molecule has 1 aliphatic rings. The van der Waals surface area contributed by atoms with Crippen LogP contribution in [0.3, 0.4) is 0 Å². The van der Waals surface area contributed by atoms with Crippen molar-refractivity contribution in [2.24, 2.45) is 0 Å². The third kappa shape index (κ3) is 4.31. The highest BCUT2D eigenvalue weighted by Crippen LogP contribution is 2.26. The van der Waals surface area contributed by atoms with E-state index in [1.54, 1.807) is 18.1 Å². The maximum atomic E-state index is 12.1. The fraction of sp³-hybridized carbons (Fsp3) is 0.600. The maximum absolute atomic E-state index is 12.1. The molecule has 2 aromatic rings. The van der Waals surface area contributed by atoms with Gasteiger partial charge in [0.2, 0.25) is 0 Å². The van der Waals surface area contributed by atoms with Crippen LogP contribution in [-0.4, -0.2) is 51.1 Å². The van der Waals surface area contributed by atoms with Crippen LogP contribution in [0, 0.1) is 0 Å². The number of nitrogens with one attached hydrogen (secondary N) is 1. The summed E-state index contributed by atoms with van der Waals surface area (Å²) in [5.74, 6) is 0.947. The smallest absolute Gasteiger partial charge is 0.317 e. The number of ether oxygens (including phenoxy) is 1. The first-order valence-electron chi connectivity index (χ1n) is 8.13. The number of nitrogens with zero attached hydrogens (tertiary/aromatic N) is 5. The number of amides is 2. The van der Waals surface area contributed by atoms with Crippen molar-refractivity contribution in [3.05, 3.63) is 30.2 Å². The van der Waals surface area contributed by atoms with Gasteiger partial charge in [-0.1, -0.05) is 5.16 Å². The van der Waals surface area contributed by atoms with Crippen molar-refractivity contribution < 1.29 is 14.1 Å². The lowest BCUT2D eigenvalue weighted by Gasteiger charge is -2.17. The maximum Gasteiger partial charge on any atom is 0.317 e. The molecule has 0 aliphatic carbocycles. The molecule has 2 amide bonds. The number of rotatable bonds is 7. The Balaban J connectivity index is 1.38. The second-order valence-corrected chi connectivity index (χ2v) is 5.75. The number of urea groups is 1. The Hall–Kier alpha value is -2.42. The topological polar surface area (TPSA) is 98.3 Å². The van der Waals surface area contributed by atoms with E-state index in [4.69, 9.17) is 9.26 Å². The van der Waals surface area contributed by atoms with E-state index in [9.17, 15) is 4.79 Å². The molecule has 0 bridgehead atoms. The van der Waals surface area contributed by atoms with Crippen molar-refractivity contribution in [2.45, 2.75) is 38.5 Å². The lowest BCUT2D eigenvalue weighted by atomic mass is 10.2. The van der Waals surface area contributed by atoms with Crippen LogP contribution >= 0.6 is 0 Å². The molecule has 0 spiro atoms. The van der Waals surface area contributed by atoms with Crippen molar-refractivity contribution in [1.29, 1.82) is 0 Å². The van der Waals surface area contributed by atoms with Gasteiger partial charge in [0.25, 0.3) is 5.89 Å². The lowest BCUT2D eigenvalue weighted by molar-refractivity contribution is 0.0835. The van der Waals surface area contributed by atoms with Gasteiger partial charge in [-0.2, -0.15) is 10.1 Å². The number of hydrogen-bond acceptors (Lipinski definition) is 6. The number of aryl methyl sites for hydroxylation is 1. The molecule has 1 fully saturated rings. The van der Waals surface area contributed by atoms with E-state index >= 15 is 0 Å². The van der Waals surface area contributed by atoms with Gasteiger partial charge in [0.05, 0.1) is 6.54 Å². The fourth-order valence-corrected chi connectivity index (χ4v) is 2.54. The normalized spacial score (nSPS) is 17.1. The minimum atomic E-state index is -0.168. The lowest BCUT2D eigenvalue weighted by Crippen LogP contribution is -2.37. The minimum absolute atomic E-state index is 0.105. The van der Waals surface area contributed by atoms with Gasteiger partial charge in [-0.25, -0.2) is 4.79 Å². The molecule has 3 heterocycles. The molecular weight excluding hydrogens is 312 g/mol. The molecule has 1 saturated heterocycles. The molecule has 24 heavy (non-hydrogen) atoms. The predicted octanol–water partition coefficient (Wildman–Crippen LogP) is 1.35. The van der Waals surface area contributed by atoms with E-state index < -0.39 is 0 Å². The van der Waals surface area contributed by atoms with E-state index in [1.807, 2.05) is 16.9 Å². The summed E-state index contributed by atoms with van der Waals surface area (Å²) in [7, 11) is 1.76. The second-order valence-electron chi connectivity index (χ2n) is 5.75. The van der Waals surface area contributed by atoms with Crippen molar-refractivity contribution in [3.63, 3.8) is 0 Å². The van der Waals surface area contributed by atoms with Gasteiger partial charge in [0.15, 0.2) is 5.82 Å². The molecule has 2 aromatic heterocycles. The molecule has 3 rings (SSSR count). The summed E-state index contributed by atoms with van der Waals surface area (Å²) in [6.45, 7) is 2.38. The number of aromatic nitrogens is 4. The first-order valence-corrected chi connectivity index (χ1v) is 8.13. The number of carbonyl (C=O) groups excluding carboxylic acids is 1. The van der Waals surface area contributed by atoms with Crippen LogP contribution in [0.1, 0.15) is 37.1 Å². The molecule has 0 aromatic carbocycles. The summed E-state index contributed by atoms with van der Waals surface area (Å²) in [4.78, 5) is 18.0. The Kier molecular flexibility index (Phi) is 5.42. The van der Waals surface area contributed by atoms with Gasteiger partial charge < -0.3 is 19.5 Å². The van der Waals surface area contributed by atoms with Crippen molar-refractivity contribution >= 4 is 6.03 Å². The predicted molar refractivity (Wildman–Crippen MR) is 83.9 cm³/mol. The molecule has 130 valence electrons. The Morgan fingerprint density at radius 3 is 3.21 bits per heavy atom. The summed E-state index contributed by atoms with van der Waals surface area (Å²) >= 11 is 0. The fourth-order valence-electron chi connectivity index (χ4n) is 2.54. The molecule has 1 N–H and O–H groups in total. The summed E-state index contributed by atoms with van der Waals surface area (Å²) in [6, 6.07) is 1.71. The van der Waals surface area contributed by atoms with E-state index in [0.29, 0.717) is 18.3 Å². The van der Waals surface area contributed by atoms with Gasteiger partial charge in [-0.15, -0.1) is 0 Å². The summed E-state index contributed by atoms with van der Waals surface area (Å²) < 4.78 is 12.5. The first-order chi connectivity index (χ1) is 11.7. The zero-order valence-corrected chi connectivity index (χ0v) is 13.7. The average Bonchev–Trinajstić information content (AvgIpc) is 3.33. The van der Waals surface area contributed by atoms with Crippen LogP contribution in [0.2, 0.25) is 0 Å². The van der Waals surface area contributed by atoms with Crippen LogP contribution in [0.5, 0.6) is 0 Å². The molecule has 1 unspecified atom stereocenters. The zero-order chi connectivity index (χ0) is 16.8. The van der Waals surface area contributed by atoms with Gasteiger partial charge in [0.1, 0.15) is 6.10 Å². The minimum Gasteiger partial charge on any atom is -0.368 e.